The SMILES string of the molecule is COc1cccnc1C#CCC=O. The molecule has 0 N–H and O–H groups in total. The molecule has 0 bridgehead atoms. The molecule has 1 aromatic rings. The van der Waals surface area contributed by atoms with Crippen LogP contribution < -0.4 is 4.74 Å². The van der Waals surface area contributed by atoms with E-state index in [0.717, 1.165) is 6.29 Å². The average Bonchev–Trinajstić information content (AvgIpc) is 2.19. The predicted octanol–water partition coefficient (Wildman–Crippen LogP) is 1.03. The zero-order valence-electron chi connectivity index (χ0n) is 7.28. The fourth-order valence-electron chi connectivity index (χ4n) is 0.826. The maximum Gasteiger partial charge on any atom is 0.155 e. The number of hydrogen-bond donors (Lipinski definition) is 0. The van der Waals surface area contributed by atoms with Crippen LogP contribution in [0.3, 0.4) is 0 Å². The van der Waals surface area contributed by atoms with E-state index in [1.54, 1.807) is 25.4 Å². The molecular formula is C10H9NO2. The topological polar surface area (TPSA) is 39.2 Å². The van der Waals surface area contributed by atoms with E-state index in [4.69, 9.17) is 4.74 Å². The number of ether oxygens (including phenoxy) is 1. The highest BCUT2D eigenvalue weighted by Gasteiger charge is 1.97. The molecule has 1 rings (SSSR count). The second-order valence-corrected chi connectivity index (χ2v) is 2.23. The molecular weight excluding hydrogens is 166 g/mol. The molecule has 0 unspecified atom stereocenters. The Kier molecular flexibility index (Phi) is 3.52. The second-order valence-electron chi connectivity index (χ2n) is 2.23. The molecule has 1 heterocycles. The van der Waals surface area contributed by atoms with Crippen LogP contribution in [0.15, 0.2) is 18.3 Å². The van der Waals surface area contributed by atoms with Gasteiger partial charge in [-0.2, -0.15) is 0 Å². The molecule has 13 heavy (non-hydrogen) atoms. The number of hydrogen-bond acceptors (Lipinski definition) is 3. The molecule has 0 atom stereocenters. The summed E-state index contributed by atoms with van der Waals surface area (Å²) >= 11 is 0. The van der Waals surface area contributed by atoms with E-state index in [9.17, 15) is 4.79 Å². The lowest BCUT2D eigenvalue weighted by Crippen LogP contribution is -1.89. The van der Waals surface area contributed by atoms with Crippen molar-refractivity contribution in [2.24, 2.45) is 0 Å². The van der Waals surface area contributed by atoms with Crippen LogP contribution in [0.1, 0.15) is 12.1 Å². The van der Waals surface area contributed by atoms with Crippen LogP contribution in [-0.2, 0) is 4.79 Å². The zero-order valence-corrected chi connectivity index (χ0v) is 7.28. The van der Waals surface area contributed by atoms with Gasteiger partial charge in [0.05, 0.1) is 13.5 Å². The van der Waals surface area contributed by atoms with Gasteiger partial charge in [0.15, 0.2) is 11.4 Å². The number of pyridine rings is 1. The van der Waals surface area contributed by atoms with Gasteiger partial charge in [-0.3, -0.25) is 0 Å². The van der Waals surface area contributed by atoms with Gasteiger partial charge >= 0.3 is 0 Å². The maximum atomic E-state index is 10.00. The molecule has 66 valence electrons. The Hall–Kier alpha value is -1.82. The Labute approximate surface area is 76.8 Å². The summed E-state index contributed by atoms with van der Waals surface area (Å²) in [5, 5.41) is 0. The Morgan fingerprint density at radius 1 is 1.69 bits per heavy atom. The fourth-order valence-corrected chi connectivity index (χ4v) is 0.826. The van der Waals surface area contributed by atoms with Crippen LogP contribution in [-0.4, -0.2) is 18.4 Å². The van der Waals surface area contributed by atoms with Crippen molar-refractivity contribution in [2.75, 3.05) is 7.11 Å². The third kappa shape index (κ3) is 2.60. The number of methoxy groups -OCH3 is 1. The summed E-state index contributed by atoms with van der Waals surface area (Å²) in [5.41, 5.74) is 0.562. The molecule has 3 nitrogen and oxygen atoms in total. The normalized spacial score (nSPS) is 8.38. The van der Waals surface area contributed by atoms with Crippen molar-refractivity contribution in [3.63, 3.8) is 0 Å². The van der Waals surface area contributed by atoms with Crippen LogP contribution in [0.4, 0.5) is 0 Å². The summed E-state index contributed by atoms with van der Waals surface area (Å²) < 4.78 is 5.02. The molecule has 0 amide bonds. The smallest absolute Gasteiger partial charge is 0.155 e. The molecule has 0 aliphatic rings. The number of carbonyl (C=O) groups excluding carboxylic acids is 1. The van der Waals surface area contributed by atoms with Crippen LogP contribution in [0.2, 0.25) is 0 Å². The van der Waals surface area contributed by atoms with Gasteiger partial charge in [-0.05, 0) is 18.1 Å². The molecule has 0 fully saturated rings. The molecule has 0 saturated carbocycles. The quantitative estimate of drug-likeness (QED) is 0.497. The van der Waals surface area contributed by atoms with Gasteiger partial charge in [0.1, 0.15) is 6.29 Å². The number of aromatic nitrogens is 1. The van der Waals surface area contributed by atoms with E-state index in [0.29, 0.717) is 11.4 Å². The van der Waals surface area contributed by atoms with Gasteiger partial charge in [-0.25, -0.2) is 4.98 Å². The molecule has 1 aromatic heterocycles. The van der Waals surface area contributed by atoms with Crippen molar-refractivity contribution in [2.45, 2.75) is 6.42 Å². The van der Waals surface area contributed by atoms with Gasteiger partial charge in [0.2, 0.25) is 0 Å². The predicted molar refractivity (Wildman–Crippen MR) is 48.3 cm³/mol. The summed E-state index contributed by atoms with van der Waals surface area (Å²) in [6, 6.07) is 3.54. The largest absolute Gasteiger partial charge is 0.494 e. The first-order chi connectivity index (χ1) is 6.38. The first kappa shape index (κ1) is 9.27. The van der Waals surface area contributed by atoms with Crippen molar-refractivity contribution >= 4 is 6.29 Å². The Morgan fingerprint density at radius 3 is 3.23 bits per heavy atom. The molecule has 0 saturated heterocycles. The molecule has 0 aliphatic carbocycles. The highest BCUT2D eigenvalue weighted by Crippen LogP contribution is 2.12. The molecule has 0 spiro atoms. The summed E-state index contributed by atoms with van der Waals surface area (Å²) in [6.07, 6.45) is 2.61. The van der Waals surface area contributed by atoms with Gasteiger partial charge in [-0.1, -0.05) is 5.92 Å². The standard InChI is InChI=1S/C10H9NO2/c1-13-10-6-4-7-11-9(10)5-2-3-8-12/h4,6-8H,3H2,1H3. The number of nitrogens with zero attached hydrogens (tertiary/aromatic N) is 1. The zero-order chi connectivity index (χ0) is 9.52. The highest BCUT2D eigenvalue weighted by molar-refractivity contribution is 5.55. The third-order valence-electron chi connectivity index (χ3n) is 1.38. The lowest BCUT2D eigenvalue weighted by atomic mass is 10.3. The van der Waals surface area contributed by atoms with Crippen LogP contribution >= 0.6 is 0 Å². The van der Waals surface area contributed by atoms with E-state index in [-0.39, 0.29) is 6.42 Å². The van der Waals surface area contributed by atoms with Gasteiger partial charge < -0.3 is 9.53 Å². The van der Waals surface area contributed by atoms with Crippen molar-refractivity contribution in [1.82, 2.24) is 4.98 Å². The maximum absolute atomic E-state index is 10.00. The lowest BCUT2D eigenvalue weighted by Gasteiger charge is -1.99. The summed E-state index contributed by atoms with van der Waals surface area (Å²) in [6.45, 7) is 0. The van der Waals surface area contributed by atoms with Gasteiger partial charge in [0, 0.05) is 6.20 Å². The summed E-state index contributed by atoms with van der Waals surface area (Å²) in [4.78, 5) is 14.0. The van der Waals surface area contributed by atoms with Crippen molar-refractivity contribution in [1.29, 1.82) is 0 Å². The number of aldehydes is 1. The van der Waals surface area contributed by atoms with E-state index in [1.165, 1.54) is 0 Å². The van der Waals surface area contributed by atoms with Crippen LogP contribution in [0, 0.1) is 11.8 Å². The third-order valence-corrected chi connectivity index (χ3v) is 1.38. The summed E-state index contributed by atoms with van der Waals surface area (Å²) in [5.74, 6) is 6.04. The Balaban J connectivity index is 2.88. The minimum Gasteiger partial charge on any atom is -0.494 e. The number of carbonyl (C=O) groups is 1. The van der Waals surface area contributed by atoms with Crippen LogP contribution in [0.5, 0.6) is 5.75 Å². The molecule has 0 aromatic carbocycles. The van der Waals surface area contributed by atoms with E-state index in [1.807, 2.05) is 0 Å². The first-order valence-electron chi connectivity index (χ1n) is 3.80. The van der Waals surface area contributed by atoms with Crippen molar-refractivity contribution < 1.29 is 9.53 Å². The molecule has 0 radical (unpaired) electrons. The summed E-state index contributed by atoms with van der Waals surface area (Å²) in [7, 11) is 1.56. The van der Waals surface area contributed by atoms with Crippen molar-refractivity contribution in [3.8, 4) is 17.6 Å². The minimum atomic E-state index is 0.222. The number of rotatable bonds is 2. The first-order valence-corrected chi connectivity index (χ1v) is 3.80. The lowest BCUT2D eigenvalue weighted by molar-refractivity contribution is -0.107. The van der Waals surface area contributed by atoms with Crippen molar-refractivity contribution in [3.05, 3.63) is 24.0 Å². The monoisotopic (exact) mass is 175 g/mol. The highest BCUT2D eigenvalue weighted by atomic mass is 16.5. The Morgan fingerprint density at radius 2 is 2.54 bits per heavy atom. The second kappa shape index (κ2) is 4.94. The molecule has 3 heteroatoms. The fraction of sp³-hybridized carbons (Fsp3) is 0.200. The average molecular weight is 175 g/mol. The Bertz CT molecular complexity index is 349. The molecule has 0 aliphatic heterocycles. The van der Waals surface area contributed by atoms with Gasteiger partial charge in [0.25, 0.3) is 0 Å². The van der Waals surface area contributed by atoms with Gasteiger partial charge in [-0.15, -0.1) is 0 Å². The van der Waals surface area contributed by atoms with E-state index >= 15 is 0 Å². The van der Waals surface area contributed by atoms with E-state index in [2.05, 4.69) is 16.8 Å². The van der Waals surface area contributed by atoms with E-state index < -0.39 is 0 Å². The van der Waals surface area contributed by atoms with Crippen LogP contribution in [0.25, 0.3) is 0 Å². The minimum absolute atomic E-state index is 0.222.